The van der Waals surface area contributed by atoms with Crippen LogP contribution in [0.15, 0.2) is 12.4 Å². The van der Waals surface area contributed by atoms with E-state index >= 15 is 0 Å². The lowest BCUT2D eigenvalue weighted by molar-refractivity contribution is -0.141. The van der Waals surface area contributed by atoms with Gasteiger partial charge in [0, 0.05) is 12.4 Å². The third kappa shape index (κ3) is 3.46. The first-order valence-corrected chi connectivity index (χ1v) is 4.61. The van der Waals surface area contributed by atoms with E-state index in [-0.39, 0.29) is 18.9 Å². The molecule has 5 heteroatoms. The van der Waals surface area contributed by atoms with E-state index in [1.54, 1.807) is 6.92 Å². The maximum absolute atomic E-state index is 11.4. The van der Waals surface area contributed by atoms with Gasteiger partial charge in [-0.3, -0.25) is 9.59 Å². The van der Waals surface area contributed by atoms with E-state index in [0.717, 1.165) is 5.56 Å². The number of aromatic nitrogens is 2. The summed E-state index contributed by atoms with van der Waals surface area (Å²) >= 11 is 0. The summed E-state index contributed by atoms with van der Waals surface area (Å²) in [5.74, 6) is -0.922. The van der Waals surface area contributed by atoms with Crippen LogP contribution in [0, 0.1) is 6.92 Å². The lowest BCUT2D eigenvalue weighted by Gasteiger charge is -2.00. The predicted octanol–water partition coefficient (Wildman–Crippen LogP) is 0.921. The Balaban J connectivity index is 2.61. The molecule has 0 bridgehead atoms. The van der Waals surface area contributed by atoms with Crippen LogP contribution in [0.2, 0.25) is 0 Å². The number of ketones is 1. The van der Waals surface area contributed by atoms with E-state index in [2.05, 4.69) is 14.7 Å². The van der Waals surface area contributed by atoms with Gasteiger partial charge in [-0.05, 0) is 19.4 Å². The molecule has 0 aliphatic heterocycles. The highest BCUT2D eigenvalue weighted by Crippen LogP contribution is 1.99. The third-order valence-corrected chi connectivity index (χ3v) is 1.64. The minimum Gasteiger partial charge on any atom is -0.466 e. The Bertz CT molecular complexity index is 359. The number of Topliss-reactive ketones (excluding diaryl/α,β-unsaturated/α-hetero) is 1. The normalized spacial score (nSPS) is 9.73. The Morgan fingerprint density at radius 2 is 1.93 bits per heavy atom. The fraction of sp³-hybridized carbons (Fsp3) is 0.400. The van der Waals surface area contributed by atoms with Crippen LogP contribution < -0.4 is 0 Å². The second kappa shape index (κ2) is 5.19. The molecule has 0 unspecified atom stereocenters. The van der Waals surface area contributed by atoms with Gasteiger partial charge < -0.3 is 4.74 Å². The summed E-state index contributed by atoms with van der Waals surface area (Å²) in [5.41, 5.74) is 0.864. The summed E-state index contributed by atoms with van der Waals surface area (Å²) < 4.78 is 4.64. The van der Waals surface area contributed by atoms with E-state index in [4.69, 9.17) is 0 Å². The zero-order chi connectivity index (χ0) is 11.3. The van der Waals surface area contributed by atoms with Crippen LogP contribution in [0.3, 0.4) is 0 Å². The number of carbonyl (C=O) groups is 2. The van der Waals surface area contributed by atoms with Crippen LogP contribution in [0.5, 0.6) is 0 Å². The SMILES string of the molecule is CCOC(=O)CC(=O)c1ncc(C)cn1. The first-order chi connectivity index (χ1) is 7.13. The molecule has 0 N–H and O–H groups in total. The molecule has 1 aromatic rings. The van der Waals surface area contributed by atoms with Crippen LogP contribution in [0.25, 0.3) is 0 Å². The number of nitrogens with zero attached hydrogens (tertiary/aromatic N) is 2. The van der Waals surface area contributed by atoms with Crippen molar-refractivity contribution in [1.29, 1.82) is 0 Å². The van der Waals surface area contributed by atoms with E-state index in [0.29, 0.717) is 0 Å². The molecule has 5 nitrogen and oxygen atoms in total. The lowest BCUT2D eigenvalue weighted by atomic mass is 10.2. The van der Waals surface area contributed by atoms with Crippen molar-refractivity contribution in [2.24, 2.45) is 0 Å². The molecule has 15 heavy (non-hydrogen) atoms. The molecule has 0 atom stereocenters. The molecule has 1 aromatic heterocycles. The number of hydrogen-bond acceptors (Lipinski definition) is 5. The molecular formula is C10H12N2O3. The average molecular weight is 208 g/mol. The highest BCUT2D eigenvalue weighted by atomic mass is 16.5. The van der Waals surface area contributed by atoms with Gasteiger partial charge in [0.25, 0.3) is 0 Å². The van der Waals surface area contributed by atoms with Gasteiger partial charge in [-0.25, -0.2) is 9.97 Å². The van der Waals surface area contributed by atoms with Crippen LogP contribution in [0.4, 0.5) is 0 Å². The van der Waals surface area contributed by atoms with Gasteiger partial charge in [-0.15, -0.1) is 0 Å². The van der Waals surface area contributed by atoms with Crippen molar-refractivity contribution in [3.8, 4) is 0 Å². The number of rotatable bonds is 4. The molecule has 0 aromatic carbocycles. The monoisotopic (exact) mass is 208 g/mol. The van der Waals surface area contributed by atoms with Crippen molar-refractivity contribution in [2.75, 3.05) is 6.61 Å². The molecule has 0 spiro atoms. The van der Waals surface area contributed by atoms with Crippen LogP contribution in [0.1, 0.15) is 29.5 Å². The van der Waals surface area contributed by atoms with Crippen molar-refractivity contribution in [2.45, 2.75) is 20.3 Å². The van der Waals surface area contributed by atoms with E-state index in [1.165, 1.54) is 12.4 Å². The summed E-state index contributed by atoms with van der Waals surface area (Å²) in [6.45, 7) is 3.77. The van der Waals surface area contributed by atoms with Crippen LogP contribution in [-0.2, 0) is 9.53 Å². The molecule has 1 rings (SSSR count). The Labute approximate surface area is 87.5 Å². The first kappa shape index (κ1) is 11.3. The zero-order valence-electron chi connectivity index (χ0n) is 8.69. The van der Waals surface area contributed by atoms with Crippen molar-refractivity contribution < 1.29 is 14.3 Å². The number of esters is 1. The van der Waals surface area contributed by atoms with Crippen LogP contribution >= 0.6 is 0 Å². The Morgan fingerprint density at radius 3 is 2.47 bits per heavy atom. The largest absolute Gasteiger partial charge is 0.466 e. The molecule has 0 amide bonds. The second-order valence-electron chi connectivity index (χ2n) is 2.99. The average Bonchev–Trinajstić information content (AvgIpc) is 2.18. The molecule has 0 saturated heterocycles. The number of ether oxygens (including phenoxy) is 1. The molecule has 80 valence electrons. The molecule has 0 saturated carbocycles. The Morgan fingerprint density at radius 1 is 1.33 bits per heavy atom. The summed E-state index contributed by atoms with van der Waals surface area (Å²) in [5, 5.41) is 0. The number of carbonyl (C=O) groups excluding carboxylic acids is 2. The van der Waals surface area contributed by atoms with Crippen molar-refractivity contribution in [1.82, 2.24) is 9.97 Å². The second-order valence-corrected chi connectivity index (χ2v) is 2.99. The minimum atomic E-state index is -0.549. The topological polar surface area (TPSA) is 69.2 Å². The summed E-state index contributed by atoms with van der Waals surface area (Å²) in [4.78, 5) is 30.1. The number of hydrogen-bond donors (Lipinski definition) is 0. The fourth-order valence-corrected chi connectivity index (χ4v) is 0.959. The van der Waals surface area contributed by atoms with Gasteiger partial charge >= 0.3 is 5.97 Å². The quantitative estimate of drug-likeness (QED) is 0.418. The zero-order valence-corrected chi connectivity index (χ0v) is 8.69. The summed E-state index contributed by atoms with van der Waals surface area (Å²) in [6.07, 6.45) is 2.76. The third-order valence-electron chi connectivity index (χ3n) is 1.64. The van der Waals surface area contributed by atoms with Gasteiger partial charge in [-0.2, -0.15) is 0 Å². The van der Waals surface area contributed by atoms with Gasteiger partial charge in [0.15, 0.2) is 5.82 Å². The maximum atomic E-state index is 11.4. The van der Waals surface area contributed by atoms with Crippen molar-refractivity contribution >= 4 is 11.8 Å². The van der Waals surface area contributed by atoms with Crippen molar-refractivity contribution in [3.63, 3.8) is 0 Å². The fourth-order valence-electron chi connectivity index (χ4n) is 0.959. The van der Waals surface area contributed by atoms with Crippen LogP contribution in [-0.4, -0.2) is 28.3 Å². The first-order valence-electron chi connectivity index (χ1n) is 4.61. The lowest BCUT2D eigenvalue weighted by Crippen LogP contribution is -2.13. The van der Waals surface area contributed by atoms with Gasteiger partial charge in [-0.1, -0.05) is 0 Å². The maximum Gasteiger partial charge on any atom is 0.313 e. The van der Waals surface area contributed by atoms with Crippen molar-refractivity contribution in [3.05, 3.63) is 23.8 Å². The number of aryl methyl sites for hydroxylation is 1. The summed E-state index contributed by atoms with van der Waals surface area (Å²) in [7, 11) is 0. The Hall–Kier alpha value is -1.78. The van der Waals surface area contributed by atoms with E-state index in [1.807, 2.05) is 6.92 Å². The Kier molecular flexibility index (Phi) is 3.91. The van der Waals surface area contributed by atoms with Gasteiger partial charge in [0.1, 0.15) is 6.42 Å². The van der Waals surface area contributed by atoms with Gasteiger partial charge in [0.05, 0.1) is 6.61 Å². The highest BCUT2D eigenvalue weighted by molar-refractivity contribution is 6.03. The molecular weight excluding hydrogens is 196 g/mol. The standard InChI is InChI=1S/C10H12N2O3/c1-3-15-9(14)4-8(13)10-11-5-7(2)6-12-10/h5-6H,3-4H2,1-2H3. The molecule has 1 heterocycles. The molecule has 0 aliphatic carbocycles. The van der Waals surface area contributed by atoms with Gasteiger partial charge in [0.2, 0.25) is 5.78 Å². The minimum absolute atomic E-state index is 0.0497. The highest BCUT2D eigenvalue weighted by Gasteiger charge is 2.14. The molecule has 0 fully saturated rings. The predicted molar refractivity (Wildman–Crippen MR) is 52.3 cm³/mol. The smallest absolute Gasteiger partial charge is 0.313 e. The molecule has 0 aliphatic rings. The molecule has 0 radical (unpaired) electrons. The summed E-state index contributed by atoms with van der Waals surface area (Å²) in [6, 6.07) is 0. The van der Waals surface area contributed by atoms with E-state index in [9.17, 15) is 9.59 Å². The van der Waals surface area contributed by atoms with E-state index < -0.39 is 11.8 Å².